The maximum Gasteiger partial charge on any atom is 0.0774 e. The second kappa shape index (κ2) is 16.9. The average molecular weight is 913 g/mol. The van der Waals surface area contributed by atoms with Crippen molar-refractivity contribution in [2.24, 2.45) is 5.92 Å². The summed E-state index contributed by atoms with van der Waals surface area (Å²) in [5, 5.41) is 4.60. The van der Waals surface area contributed by atoms with E-state index in [9.17, 15) is 0 Å². The van der Waals surface area contributed by atoms with Crippen LogP contribution in [0.15, 0.2) is 158 Å². The summed E-state index contributed by atoms with van der Waals surface area (Å²) < 4.78 is 42.3. The average Bonchev–Trinajstić information content (AvgIpc) is 3.85. The van der Waals surface area contributed by atoms with E-state index in [-0.39, 0.29) is 31.6 Å². The number of nitrogens with zero attached hydrogens (tertiary/aromatic N) is 3. The van der Waals surface area contributed by atoms with Crippen molar-refractivity contribution >= 4 is 32.5 Å². The number of hydrogen-bond acceptors (Lipinski definition) is 3. The predicted molar refractivity (Wildman–Crippen MR) is 228 cm³/mol. The summed E-state index contributed by atoms with van der Waals surface area (Å²) in [7, 11) is 0. The SMILES string of the molecule is [2H]C([2H])([2H])c1ccc(-c2[c-]cccc2)nc1.[2H]C([2H])(c1ccc2c(-c3nc4ccccc4n3-c3c(-c4ccccc4)cc(C)cc3-c3ccccc3)[c-]sc2c1)C(C)C.[Ir]. The molecule has 0 spiro atoms. The zero-order chi connectivity index (χ0) is 41.3. The van der Waals surface area contributed by atoms with Crippen LogP contribution in [-0.4, -0.2) is 14.5 Å². The van der Waals surface area contributed by atoms with E-state index in [0.717, 1.165) is 71.7 Å². The number of aromatic nitrogens is 3. The maximum atomic E-state index is 8.66. The molecule has 3 heterocycles. The Labute approximate surface area is 348 Å². The molecule has 0 aliphatic carbocycles. The maximum absolute atomic E-state index is 8.66. The molecule has 0 unspecified atom stereocenters. The third-order valence-corrected chi connectivity index (χ3v) is 10.0. The molecule has 0 saturated carbocycles. The number of pyridine rings is 1. The van der Waals surface area contributed by atoms with Crippen molar-refractivity contribution in [1.82, 2.24) is 14.5 Å². The molecule has 3 aromatic heterocycles. The van der Waals surface area contributed by atoms with Crippen molar-refractivity contribution in [3.05, 3.63) is 186 Å². The van der Waals surface area contributed by atoms with Crippen LogP contribution < -0.4 is 0 Å². The zero-order valence-corrected chi connectivity index (χ0v) is 33.9. The predicted octanol–water partition coefficient (Wildman–Crippen LogP) is 13.4. The van der Waals surface area contributed by atoms with Crippen molar-refractivity contribution in [2.75, 3.05) is 0 Å². The number of para-hydroxylation sites is 2. The molecule has 1 radical (unpaired) electrons. The van der Waals surface area contributed by atoms with E-state index in [2.05, 4.69) is 119 Å². The van der Waals surface area contributed by atoms with Gasteiger partial charge in [-0.2, -0.15) is 0 Å². The van der Waals surface area contributed by atoms with Crippen LogP contribution in [0.25, 0.3) is 71.7 Å². The van der Waals surface area contributed by atoms with Gasteiger partial charge in [-0.05, 0) is 78.3 Å². The van der Waals surface area contributed by atoms with Gasteiger partial charge >= 0.3 is 0 Å². The first-order valence-electron chi connectivity index (χ1n) is 20.5. The van der Waals surface area contributed by atoms with Gasteiger partial charge in [-0.1, -0.05) is 132 Å². The van der Waals surface area contributed by atoms with E-state index in [1.54, 1.807) is 18.2 Å². The fourth-order valence-electron chi connectivity index (χ4n) is 6.78. The molecular formula is C50H41IrN3S-2. The molecule has 0 fully saturated rings. The Bertz CT molecular complexity index is 2810. The van der Waals surface area contributed by atoms with Gasteiger partial charge in [0.15, 0.2) is 0 Å². The molecule has 9 aromatic rings. The molecule has 0 bridgehead atoms. The third-order valence-electron chi connectivity index (χ3n) is 9.15. The molecule has 9 rings (SSSR count). The van der Waals surface area contributed by atoms with Gasteiger partial charge in [0.25, 0.3) is 0 Å². The molecule has 0 aliphatic rings. The molecule has 0 amide bonds. The molecular weight excluding hydrogens is 867 g/mol. The van der Waals surface area contributed by atoms with Crippen molar-refractivity contribution in [3.8, 4) is 50.6 Å². The van der Waals surface area contributed by atoms with Gasteiger partial charge in [-0.25, -0.2) is 0 Å². The Morgan fingerprint density at radius 3 is 2.09 bits per heavy atom. The number of fused-ring (bicyclic) bond motifs is 2. The Kier molecular flexibility index (Phi) is 9.80. The summed E-state index contributed by atoms with van der Waals surface area (Å²) in [6, 6.07) is 53.7. The van der Waals surface area contributed by atoms with Crippen LogP contribution in [0.2, 0.25) is 0 Å². The van der Waals surface area contributed by atoms with E-state index in [4.69, 9.17) is 11.8 Å². The second-order valence-electron chi connectivity index (χ2n) is 13.5. The fraction of sp³-hybridized carbons (Fsp3) is 0.120. The van der Waals surface area contributed by atoms with Gasteiger partial charge in [0, 0.05) is 44.3 Å². The summed E-state index contributed by atoms with van der Waals surface area (Å²) in [5.41, 5.74) is 12.2. The smallest absolute Gasteiger partial charge is 0.0774 e. The van der Waals surface area contributed by atoms with Crippen LogP contribution in [0.5, 0.6) is 0 Å². The Balaban J connectivity index is 0.000000270. The molecule has 0 saturated heterocycles. The van der Waals surface area contributed by atoms with Gasteiger partial charge in [-0.3, -0.25) is 16.3 Å². The van der Waals surface area contributed by atoms with Gasteiger partial charge in [0.05, 0.1) is 22.5 Å². The van der Waals surface area contributed by atoms with Crippen molar-refractivity contribution in [3.63, 3.8) is 0 Å². The van der Waals surface area contributed by atoms with Crippen LogP contribution in [0.3, 0.4) is 0 Å². The molecule has 5 heteroatoms. The number of benzene rings is 6. The Morgan fingerprint density at radius 2 is 1.45 bits per heavy atom. The van der Waals surface area contributed by atoms with E-state index < -0.39 is 13.2 Å². The van der Waals surface area contributed by atoms with E-state index in [0.29, 0.717) is 5.56 Å². The largest absolute Gasteiger partial charge is 0.332 e. The number of rotatable bonds is 7. The summed E-state index contributed by atoms with van der Waals surface area (Å²) in [6.07, 6.45) is -0.0221. The van der Waals surface area contributed by atoms with Crippen molar-refractivity contribution in [1.29, 1.82) is 0 Å². The third kappa shape index (κ3) is 8.16. The number of hydrogen-bond donors (Lipinski definition) is 0. The number of imidazole rings is 1. The molecule has 3 nitrogen and oxygen atoms in total. The quantitative estimate of drug-likeness (QED) is 0.149. The first kappa shape index (κ1) is 31.9. The number of aryl methyl sites for hydroxylation is 2. The van der Waals surface area contributed by atoms with Crippen LogP contribution in [0.4, 0.5) is 0 Å². The molecule has 55 heavy (non-hydrogen) atoms. The minimum Gasteiger partial charge on any atom is -0.332 e. The van der Waals surface area contributed by atoms with Crippen LogP contribution >= 0.6 is 11.3 Å². The Hall–Kier alpha value is -5.45. The van der Waals surface area contributed by atoms with Crippen molar-refractivity contribution < 1.29 is 27.0 Å². The molecule has 0 aliphatic heterocycles. The van der Waals surface area contributed by atoms with Gasteiger partial charge < -0.3 is 9.55 Å². The first-order chi connectivity index (χ1) is 28.4. The monoisotopic (exact) mass is 913 g/mol. The molecule has 0 N–H and O–H groups in total. The molecule has 273 valence electrons. The zero-order valence-electron chi connectivity index (χ0n) is 35.7. The van der Waals surface area contributed by atoms with Gasteiger partial charge in [-0.15, -0.1) is 47.3 Å². The van der Waals surface area contributed by atoms with E-state index in [1.165, 1.54) is 23.1 Å². The van der Waals surface area contributed by atoms with E-state index in [1.807, 2.05) is 56.3 Å². The van der Waals surface area contributed by atoms with Crippen LogP contribution in [-0.2, 0) is 26.5 Å². The van der Waals surface area contributed by atoms with E-state index >= 15 is 0 Å². The second-order valence-corrected chi connectivity index (χ2v) is 14.3. The minimum absolute atomic E-state index is 0. The summed E-state index contributed by atoms with van der Waals surface area (Å²) in [4.78, 5) is 9.36. The Morgan fingerprint density at radius 1 is 0.764 bits per heavy atom. The summed E-state index contributed by atoms with van der Waals surface area (Å²) in [6.45, 7) is 3.92. The fourth-order valence-corrected chi connectivity index (χ4v) is 7.66. The minimum atomic E-state index is -2.09. The van der Waals surface area contributed by atoms with Gasteiger partial charge in [0.2, 0.25) is 0 Å². The van der Waals surface area contributed by atoms with Crippen LogP contribution in [0, 0.1) is 31.1 Å². The topological polar surface area (TPSA) is 30.7 Å². The summed E-state index contributed by atoms with van der Waals surface area (Å²) in [5.74, 6) is 0.692. The molecule has 0 atom stereocenters. The first-order valence-corrected chi connectivity index (χ1v) is 18.8. The van der Waals surface area contributed by atoms with Gasteiger partial charge in [0.1, 0.15) is 0 Å². The summed E-state index contributed by atoms with van der Waals surface area (Å²) >= 11 is 1.52. The van der Waals surface area contributed by atoms with Crippen molar-refractivity contribution in [2.45, 2.75) is 34.0 Å². The molecule has 6 aromatic carbocycles. The normalized spacial score (nSPS) is 12.8. The number of thiophene rings is 1. The van der Waals surface area contributed by atoms with Crippen LogP contribution in [0.1, 0.15) is 37.4 Å². The standard InChI is InChI=1S/C38H31N2S.C12H10N.Ir/c1-25(2)20-27-18-19-30-33(24-41-36(30)23-27)38-39-34-16-10-11-17-35(34)40(38)37-31(28-12-6-4-7-13-28)21-26(3)22-32(37)29-14-8-5-9-15-29;1-10-7-8-12(13-9-10)11-5-3-2-4-6-11;/h4-19,21-23,25H,20H2,1-3H3;2-5,7-9H,1H3;/q2*-1;/i20D2;1D3;.